The van der Waals surface area contributed by atoms with Crippen molar-refractivity contribution in [2.45, 2.75) is 51.5 Å². The maximum Gasteiger partial charge on any atom is 0.191 e. The smallest absolute Gasteiger partial charge is 0.191 e. The van der Waals surface area contributed by atoms with Crippen molar-refractivity contribution >= 4 is 29.9 Å². The first-order chi connectivity index (χ1) is 12.8. The summed E-state index contributed by atoms with van der Waals surface area (Å²) >= 11 is 0. The number of unbranched alkanes of at least 4 members (excludes halogenated alkanes) is 1. The molecule has 27 heavy (non-hydrogen) atoms. The predicted octanol–water partition coefficient (Wildman–Crippen LogP) is 3.21. The van der Waals surface area contributed by atoms with Crippen LogP contribution in [0.1, 0.15) is 43.7 Å². The molecule has 0 radical (unpaired) electrons. The Kier molecular flexibility index (Phi) is 9.68. The summed E-state index contributed by atoms with van der Waals surface area (Å²) in [5.74, 6) is 1.99. The molecule has 2 N–H and O–H groups in total. The Labute approximate surface area is 181 Å². The lowest BCUT2D eigenvalue weighted by Gasteiger charge is -2.33. The zero-order chi connectivity index (χ0) is 18.2. The van der Waals surface area contributed by atoms with Gasteiger partial charge in [-0.3, -0.25) is 4.99 Å². The molecule has 2 heterocycles. The number of fused-ring (bicyclic) bond motifs is 1. The van der Waals surface area contributed by atoms with Crippen molar-refractivity contribution in [1.29, 1.82) is 0 Å². The van der Waals surface area contributed by atoms with Crippen LogP contribution in [0.25, 0.3) is 0 Å². The molecule has 0 unspecified atom stereocenters. The second-order valence-corrected chi connectivity index (χ2v) is 7.40. The number of guanidine groups is 1. The van der Waals surface area contributed by atoms with Gasteiger partial charge in [-0.1, -0.05) is 25.5 Å². The minimum atomic E-state index is 0. The van der Waals surface area contributed by atoms with Gasteiger partial charge in [0.15, 0.2) is 5.96 Å². The first-order valence-electron chi connectivity index (χ1n) is 10.2. The molecule has 6 heteroatoms. The molecule has 1 aromatic rings. The Bertz CT molecular complexity index is 600. The van der Waals surface area contributed by atoms with E-state index in [9.17, 15) is 0 Å². The molecule has 0 amide bonds. The molecule has 2 aliphatic rings. The maximum atomic E-state index is 5.58. The second kappa shape index (κ2) is 11.7. The monoisotopic (exact) mass is 486 g/mol. The Morgan fingerprint density at radius 3 is 2.85 bits per heavy atom. The number of hydrogen-bond acceptors (Lipinski definition) is 3. The van der Waals surface area contributed by atoms with E-state index in [1.807, 2.05) is 7.05 Å². The fraction of sp³-hybridized carbons (Fsp3) is 0.667. The number of likely N-dealkylation sites (tertiary alicyclic amines) is 1. The van der Waals surface area contributed by atoms with Crippen LogP contribution in [0.4, 0.5) is 0 Å². The molecule has 0 aromatic heterocycles. The molecule has 5 nitrogen and oxygen atoms in total. The zero-order valence-corrected chi connectivity index (χ0v) is 19.1. The number of benzene rings is 1. The van der Waals surface area contributed by atoms with E-state index in [0.717, 1.165) is 37.7 Å². The molecule has 0 spiro atoms. The Morgan fingerprint density at radius 2 is 2.11 bits per heavy atom. The maximum absolute atomic E-state index is 5.58. The minimum Gasteiger partial charge on any atom is -0.493 e. The van der Waals surface area contributed by atoms with Crippen LogP contribution in [0.3, 0.4) is 0 Å². The quantitative estimate of drug-likeness (QED) is 0.353. The van der Waals surface area contributed by atoms with Crippen molar-refractivity contribution in [2.24, 2.45) is 4.99 Å². The third-order valence-electron chi connectivity index (χ3n) is 5.44. The van der Waals surface area contributed by atoms with Crippen LogP contribution in [0, 0.1) is 0 Å². The number of hydrogen-bond donors (Lipinski definition) is 2. The van der Waals surface area contributed by atoms with E-state index in [0.29, 0.717) is 6.04 Å². The van der Waals surface area contributed by atoms with E-state index in [1.165, 1.54) is 56.4 Å². The van der Waals surface area contributed by atoms with Crippen molar-refractivity contribution in [3.05, 3.63) is 29.3 Å². The van der Waals surface area contributed by atoms with Gasteiger partial charge in [-0.05, 0) is 49.4 Å². The van der Waals surface area contributed by atoms with Gasteiger partial charge in [-0.2, -0.15) is 0 Å². The molecule has 1 fully saturated rings. The van der Waals surface area contributed by atoms with Gasteiger partial charge < -0.3 is 20.3 Å². The van der Waals surface area contributed by atoms with Crippen LogP contribution in [0.5, 0.6) is 5.75 Å². The van der Waals surface area contributed by atoms with Crippen LogP contribution >= 0.6 is 24.0 Å². The molecule has 1 aromatic carbocycles. The lowest BCUT2D eigenvalue weighted by molar-refractivity contribution is 0.203. The summed E-state index contributed by atoms with van der Waals surface area (Å²) in [5.41, 5.74) is 2.71. The van der Waals surface area contributed by atoms with Gasteiger partial charge in [0.05, 0.1) is 6.61 Å². The van der Waals surface area contributed by atoms with Gasteiger partial charge >= 0.3 is 0 Å². The molecule has 0 saturated carbocycles. The Hall–Kier alpha value is -1.02. The first-order valence-corrected chi connectivity index (χ1v) is 10.2. The van der Waals surface area contributed by atoms with Gasteiger partial charge in [-0.25, -0.2) is 0 Å². The third-order valence-corrected chi connectivity index (χ3v) is 5.44. The summed E-state index contributed by atoms with van der Waals surface area (Å²) in [5, 5.41) is 7.07. The Morgan fingerprint density at radius 1 is 1.30 bits per heavy atom. The van der Waals surface area contributed by atoms with E-state index >= 15 is 0 Å². The van der Waals surface area contributed by atoms with E-state index in [2.05, 4.69) is 45.6 Å². The molecule has 152 valence electrons. The average molecular weight is 486 g/mol. The standard InChI is InChI=1S/C21H34N4O.HI/c1-3-4-12-25-13-8-19(9-14-25)24-21(22-2)23-11-7-17-5-6-20-18(16-17)10-15-26-20;/h5-6,16,19H,3-4,7-15H2,1-2H3,(H2,22,23,24);1H. The average Bonchev–Trinajstić information content (AvgIpc) is 3.14. The summed E-state index contributed by atoms with van der Waals surface area (Å²) < 4.78 is 5.58. The number of ether oxygens (including phenoxy) is 1. The van der Waals surface area contributed by atoms with Crippen molar-refractivity contribution < 1.29 is 4.74 Å². The highest BCUT2D eigenvalue weighted by Crippen LogP contribution is 2.25. The van der Waals surface area contributed by atoms with Crippen molar-refractivity contribution in [2.75, 3.05) is 39.8 Å². The second-order valence-electron chi connectivity index (χ2n) is 7.40. The molecular formula is C21H35IN4O. The summed E-state index contributed by atoms with van der Waals surface area (Å²) in [6.07, 6.45) is 7.05. The zero-order valence-electron chi connectivity index (χ0n) is 16.8. The fourth-order valence-corrected chi connectivity index (χ4v) is 3.79. The minimum absolute atomic E-state index is 0. The molecule has 2 aliphatic heterocycles. The fourth-order valence-electron chi connectivity index (χ4n) is 3.79. The third kappa shape index (κ3) is 6.82. The lowest BCUT2D eigenvalue weighted by Crippen LogP contribution is -2.49. The highest BCUT2D eigenvalue weighted by atomic mass is 127. The van der Waals surface area contributed by atoms with Crippen LogP contribution in [-0.2, 0) is 12.8 Å². The number of nitrogens with zero attached hydrogens (tertiary/aromatic N) is 2. The number of nitrogens with one attached hydrogen (secondary N) is 2. The van der Waals surface area contributed by atoms with Crippen LogP contribution in [0.15, 0.2) is 23.2 Å². The van der Waals surface area contributed by atoms with Gasteiger partial charge in [0, 0.05) is 39.1 Å². The highest BCUT2D eigenvalue weighted by Gasteiger charge is 2.19. The largest absolute Gasteiger partial charge is 0.493 e. The number of halogens is 1. The van der Waals surface area contributed by atoms with Crippen molar-refractivity contribution in [3.8, 4) is 5.75 Å². The lowest BCUT2D eigenvalue weighted by atomic mass is 10.0. The SMILES string of the molecule is CCCCN1CCC(NC(=NC)NCCc2ccc3c(c2)CCO3)CC1.I. The van der Waals surface area contributed by atoms with Gasteiger partial charge in [-0.15, -0.1) is 24.0 Å². The summed E-state index contributed by atoms with van der Waals surface area (Å²) in [4.78, 5) is 6.99. The Balaban J connectivity index is 0.00000261. The van der Waals surface area contributed by atoms with E-state index in [4.69, 9.17) is 4.74 Å². The molecule has 1 saturated heterocycles. The van der Waals surface area contributed by atoms with Gasteiger partial charge in [0.25, 0.3) is 0 Å². The normalized spacial score (nSPS) is 17.8. The van der Waals surface area contributed by atoms with Crippen LogP contribution in [-0.4, -0.2) is 56.7 Å². The van der Waals surface area contributed by atoms with Crippen molar-refractivity contribution in [1.82, 2.24) is 15.5 Å². The molecular weight excluding hydrogens is 451 g/mol. The highest BCUT2D eigenvalue weighted by molar-refractivity contribution is 14.0. The van der Waals surface area contributed by atoms with Crippen molar-refractivity contribution in [3.63, 3.8) is 0 Å². The first kappa shape index (κ1) is 22.3. The number of rotatable bonds is 7. The summed E-state index contributed by atoms with van der Waals surface area (Å²) in [6, 6.07) is 7.10. The molecule has 0 atom stereocenters. The number of piperidine rings is 1. The molecule has 0 aliphatic carbocycles. The van der Waals surface area contributed by atoms with E-state index in [1.54, 1.807) is 0 Å². The number of aliphatic imine (C=N–C) groups is 1. The topological polar surface area (TPSA) is 48.9 Å². The van der Waals surface area contributed by atoms with E-state index < -0.39 is 0 Å². The van der Waals surface area contributed by atoms with Gasteiger partial charge in [0.1, 0.15) is 5.75 Å². The summed E-state index contributed by atoms with van der Waals surface area (Å²) in [7, 11) is 1.86. The summed E-state index contributed by atoms with van der Waals surface area (Å²) in [6.45, 7) is 7.64. The van der Waals surface area contributed by atoms with Gasteiger partial charge in [0.2, 0.25) is 0 Å². The predicted molar refractivity (Wildman–Crippen MR) is 124 cm³/mol. The molecule has 0 bridgehead atoms. The molecule has 3 rings (SSSR count). The van der Waals surface area contributed by atoms with Crippen LogP contribution in [0.2, 0.25) is 0 Å². The van der Waals surface area contributed by atoms with Crippen LogP contribution < -0.4 is 15.4 Å². The van der Waals surface area contributed by atoms with E-state index in [-0.39, 0.29) is 24.0 Å².